The van der Waals surface area contributed by atoms with Crippen molar-refractivity contribution in [2.75, 3.05) is 6.54 Å². The summed E-state index contributed by atoms with van der Waals surface area (Å²) in [5, 5.41) is 9.74. The minimum atomic E-state index is -0.650. The lowest BCUT2D eigenvalue weighted by molar-refractivity contribution is -0.150. The molecule has 3 heteroatoms. The van der Waals surface area contributed by atoms with Gasteiger partial charge in [-0.1, -0.05) is 31.5 Å². The highest BCUT2D eigenvalue weighted by Crippen LogP contribution is 2.36. The summed E-state index contributed by atoms with van der Waals surface area (Å²) in [4.78, 5) is 14.0. The van der Waals surface area contributed by atoms with E-state index in [1.54, 1.807) is 0 Å². The quantitative estimate of drug-likeness (QED) is 0.893. The average molecular weight is 275 g/mol. The van der Waals surface area contributed by atoms with Gasteiger partial charge in [-0.15, -0.1) is 0 Å². The number of likely N-dealkylation sites (tertiary alicyclic amines) is 1. The fraction of sp³-hybridized carbons (Fsp3) is 0.588. The fourth-order valence-electron chi connectivity index (χ4n) is 3.50. The topological polar surface area (TPSA) is 40.5 Å². The van der Waals surface area contributed by atoms with Crippen molar-refractivity contribution in [1.82, 2.24) is 4.90 Å². The van der Waals surface area contributed by atoms with Crippen molar-refractivity contribution < 1.29 is 9.90 Å². The van der Waals surface area contributed by atoms with Gasteiger partial charge in [0.15, 0.2) is 0 Å². The van der Waals surface area contributed by atoms with Crippen LogP contribution >= 0.6 is 0 Å². The molecule has 0 aliphatic carbocycles. The van der Waals surface area contributed by atoms with Crippen molar-refractivity contribution in [3.05, 3.63) is 34.9 Å². The monoisotopic (exact) mass is 275 g/mol. The molecule has 1 fully saturated rings. The lowest BCUT2D eigenvalue weighted by Gasteiger charge is -2.35. The average Bonchev–Trinajstić information content (AvgIpc) is 2.79. The van der Waals surface area contributed by atoms with Gasteiger partial charge in [0.1, 0.15) is 5.54 Å². The van der Waals surface area contributed by atoms with E-state index in [1.807, 2.05) is 0 Å². The van der Waals surface area contributed by atoms with E-state index in [4.69, 9.17) is 0 Å². The standard InChI is InChI=1S/C17H25NO2/c1-4-9-17(16(19)20)10-6-11-18(17)12-15-13(2)7-5-8-14(15)3/h5,7-8H,4,6,9-12H2,1-3H3,(H,19,20). The number of benzene rings is 1. The van der Waals surface area contributed by atoms with Crippen LogP contribution in [0.2, 0.25) is 0 Å². The van der Waals surface area contributed by atoms with Gasteiger partial charge in [0.25, 0.3) is 0 Å². The molecule has 1 unspecified atom stereocenters. The lowest BCUT2D eigenvalue weighted by atomic mass is 9.90. The smallest absolute Gasteiger partial charge is 0.324 e. The third kappa shape index (κ3) is 2.59. The van der Waals surface area contributed by atoms with E-state index >= 15 is 0 Å². The number of rotatable bonds is 5. The zero-order valence-corrected chi connectivity index (χ0v) is 12.8. The summed E-state index contributed by atoms with van der Waals surface area (Å²) >= 11 is 0. The number of carbonyl (C=O) groups is 1. The number of hydrogen-bond acceptors (Lipinski definition) is 2. The first-order valence-electron chi connectivity index (χ1n) is 7.55. The Hall–Kier alpha value is -1.35. The van der Waals surface area contributed by atoms with Gasteiger partial charge >= 0.3 is 5.97 Å². The fourth-order valence-corrected chi connectivity index (χ4v) is 3.50. The van der Waals surface area contributed by atoms with E-state index in [9.17, 15) is 9.90 Å². The Labute approximate surface area is 121 Å². The first-order chi connectivity index (χ1) is 9.51. The number of carboxylic acid groups (broad SMARTS) is 1. The molecule has 1 saturated heterocycles. The van der Waals surface area contributed by atoms with Crippen molar-refractivity contribution >= 4 is 5.97 Å². The van der Waals surface area contributed by atoms with Crippen molar-refractivity contribution in [3.63, 3.8) is 0 Å². The Balaban J connectivity index is 2.29. The van der Waals surface area contributed by atoms with E-state index in [0.29, 0.717) is 0 Å². The molecule has 0 bridgehead atoms. The summed E-state index contributed by atoms with van der Waals surface area (Å²) in [6, 6.07) is 6.29. The largest absolute Gasteiger partial charge is 0.480 e. The highest BCUT2D eigenvalue weighted by molar-refractivity contribution is 5.79. The van der Waals surface area contributed by atoms with Gasteiger partial charge in [-0.05, 0) is 56.3 Å². The maximum absolute atomic E-state index is 11.8. The highest BCUT2D eigenvalue weighted by Gasteiger charge is 2.46. The second-order valence-corrected chi connectivity index (χ2v) is 5.98. The minimum absolute atomic E-state index is 0.649. The molecule has 1 atom stereocenters. The predicted octanol–water partition coefficient (Wildman–Crippen LogP) is 3.52. The van der Waals surface area contributed by atoms with Crippen LogP contribution in [0.4, 0.5) is 0 Å². The SMILES string of the molecule is CCCC1(C(=O)O)CCCN1Cc1c(C)cccc1C. The number of nitrogens with zero attached hydrogens (tertiary/aromatic N) is 1. The van der Waals surface area contributed by atoms with Crippen LogP contribution in [0.5, 0.6) is 0 Å². The van der Waals surface area contributed by atoms with Gasteiger partial charge in [-0.3, -0.25) is 9.69 Å². The van der Waals surface area contributed by atoms with Crippen LogP contribution in [0.3, 0.4) is 0 Å². The zero-order chi connectivity index (χ0) is 14.8. The number of hydrogen-bond donors (Lipinski definition) is 1. The first kappa shape index (κ1) is 15.0. The molecule has 1 aromatic rings. The van der Waals surface area contributed by atoms with Gasteiger partial charge in [-0.2, -0.15) is 0 Å². The van der Waals surface area contributed by atoms with Gasteiger partial charge < -0.3 is 5.11 Å². The van der Waals surface area contributed by atoms with E-state index in [-0.39, 0.29) is 0 Å². The van der Waals surface area contributed by atoms with Crippen LogP contribution in [0.1, 0.15) is 49.3 Å². The number of aryl methyl sites for hydroxylation is 2. The maximum Gasteiger partial charge on any atom is 0.324 e. The van der Waals surface area contributed by atoms with Crippen molar-refractivity contribution in [2.45, 2.75) is 58.5 Å². The van der Waals surface area contributed by atoms with Crippen LogP contribution in [0, 0.1) is 13.8 Å². The lowest BCUT2D eigenvalue weighted by Crippen LogP contribution is -2.50. The zero-order valence-electron chi connectivity index (χ0n) is 12.8. The van der Waals surface area contributed by atoms with Crippen LogP contribution in [0.15, 0.2) is 18.2 Å². The number of carboxylic acids is 1. The molecule has 1 aromatic carbocycles. The van der Waals surface area contributed by atoms with E-state index < -0.39 is 11.5 Å². The Morgan fingerprint density at radius 2 is 2.00 bits per heavy atom. The maximum atomic E-state index is 11.8. The molecule has 0 spiro atoms. The van der Waals surface area contributed by atoms with Gasteiger partial charge in [-0.25, -0.2) is 0 Å². The normalized spacial score (nSPS) is 23.1. The van der Waals surface area contributed by atoms with Gasteiger partial charge in [0, 0.05) is 6.54 Å². The van der Waals surface area contributed by atoms with Gasteiger partial charge in [0.05, 0.1) is 0 Å². The molecule has 0 saturated carbocycles. The molecule has 1 N–H and O–H groups in total. The molecule has 0 aromatic heterocycles. The Kier molecular flexibility index (Phi) is 4.48. The van der Waals surface area contributed by atoms with Crippen LogP contribution in [-0.2, 0) is 11.3 Å². The second-order valence-electron chi connectivity index (χ2n) is 5.98. The molecule has 1 heterocycles. The second kappa shape index (κ2) is 5.96. The summed E-state index contributed by atoms with van der Waals surface area (Å²) in [6.45, 7) is 7.94. The van der Waals surface area contributed by atoms with E-state index in [0.717, 1.165) is 38.8 Å². The molecular weight excluding hydrogens is 250 g/mol. The third-order valence-electron chi connectivity index (χ3n) is 4.68. The van der Waals surface area contributed by atoms with E-state index in [1.165, 1.54) is 16.7 Å². The van der Waals surface area contributed by atoms with Crippen LogP contribution in [0.25, 0.3) is 0 Å². The summed E-state index contributed by atoms with van der Waals surface area (Å²) in [5.41, 5.74) is 3.15. The molecule has 2 rings (SSSR count). The predicted molar refractivity (Wildman–Crippen MR) is 80.8 cm³/mol. The minimum Gasteiger partial charge on any atom is -0.480 e. The Morgan fingerprint density at radius 1 is 1.35 bits per heavy atom. The van der Waals surface area contributed by atoms with Crippen LogP contribution < -0.4 is 0 Å². The summed E-state index contributed by atoms with van der Waals surface area (Å²) < 4.78 is 0. The highest BCUT2D eigenvalue weighted by atomic mass is 16.4. The van der Waals surface area contributed by atoms with Crippen molar-refractivity contribution in [1.29, 1.82) is 0 Å². The van der Waals surface area contributed by atoms with Gasteiger partial charge in [0.2, 0.25) is 0 Å². The molecule has 3 nitrogen and oxygen atoms in total. The molecule has 0 amide bonds. The van der Waals surface area contributed by atoms with Crippen molar-refractivity contribution in [2.24, 2.45) is 0 Å². The molecule has 20 heavy (non-hydrogen) atoms. The number of aliphatic carboxylic acids is 1. The van der Waals surface area contributed by atoms with E-state index in [2.05, 4.69) is 43.9 Å². The summed E-state index contributed by atoms with van der Waals surface area (Å²) in [5.74, 6) is -0.650. The summed E-state index contributed by atoms with van der Waals surface area (Å²) in [6.07, 6.45) is 3.42. The third-order valence-corrected chi connectivity index (χ3v) is 4.68. The Morgan fingerprint density at radius 3 is 2.55 bits per heavy atom. The first-order valence-corrected chi connectivity index (χ1v) is 7.55. The molecule has 1 aliphatic rings. The molecule has 110 valence electrons. The molecule has 0 radical (unpaired) electrons. The summed E-state index contributed by atoms with van der Waals surface area (Å²) in [7, 11) is 0. The van der Waals surface area contributed by atoms with Crippen molar-refractivity contribution in [3.8, 4) is 0 Å². The Bertz CT molecular complexity index is 478. The molecular formula is C17H25NO2. The molecule has 1 aliphatic heterocycles. The van der Waals surface area contributed by atoms with Crippen LogP contribution in [-0.4, -0.2) is 28.1 Å².